The average Bonchev–Trinajstić information content (AvgIpc) is 2.97. The number of fused-ring (bicyclic) bond motifs is 1. The van der Waals surface area contributed by atoms with Crippen molar-refractivity contribution in [3.05, 3.63) is 57.6 Å². The number of carbonyl (C=O) groups excluding carboxylic acids is 2. The number of hydrogen-bond acceptors (Lipinski definition) is 6. The lowest BCUT2D eigenvalue weighted by atomic mass is 9.70. The Morgan fingerprint density at radius 3 is 2.49 bits per heavy atom. The second-order valence-corrected chi connectivity index (χ2v) is 12.4. The maximum Gasteiger partial charge on any atom is 0.367 e. The Morgan fingerprint density at radius 1 is 1.18 bits per heavy atom. The topological polar surface area (TPSA) is 102 Å². The molecule has 2 N–H and O–H groups in total. The summed E-state index contributed by atoms with van der Waals surface area (Å²) in [5.74, 6) is -2.32. The average molecular weight is 579 g/mol. The molecule has 0 aromatic heterocycles. The van der Waals surface area contributed by atoms with Gasteiger partial charge in [-0.3, -0.25) is 4.79 Å². The Bertz CT molecular complexity index is 1310. The summed E-state index contributed by atoms with van der Waals surface area (Å²) in [6.45, 7) is 7.49. The van der Waals surface area contributed by atoms with Gasteiger partial charge in [0.1, 0.15) is 23.3 Å². The molecule has 8 nitrogen and oxygen atoms in total. The summed E-state index contributed by atoms with van der Waals surface area (Å²) >= 11 is 13.2. The van der Waals surface area contributed by atoms with Gasteiger partial charge >= 0.3 is 11.9 Å². The number of piperidine rings is 1. The van der Waals surface area contributed by atoms with Crippen molar-refractivity contribution in [2.75, 3.05) is 33.4 Å². The minimum absolute atomic E-state index is 0.0738. The summed E-state index contributed by atoms with van der Waals surface area (Å²) in [5.41, 5.74) is -0.720. The van der Waals surface area contributed by atoms with Gasteiger partial charge in [-0.15, -0.1) is 0 Å². The number of rotatable bonds is 6. The second-order valence-electron chi connectivity index (χ2n) is 11.6. The van der Waals surface area contributed by atoms with E-state index in [0.29, 0.717) is 39.2 Å². The number of halogens is 2. The number of carboxylic acid groups (broad SMARTS) is 1. The van der Waals surface area contributed by atoms with Crippen LogP contribution in [0.5, 0.6) is 5.75 Å². The Balaban J connectivity index is 2.12. The van der Waals surface area contributed by atoms with Crippen molar-refractivity contribution in [3.8, 4) is 5.75 Å². The van der Waals surface area contributed by atoms with Crippen LogP contribution in [0.3, 0.4) is 0 Å². The fourth-order valence-electron chi connectivity index (χ4n) is 6.36. The zero-order valence-electron chi connectivity index (χ0n) is 22.8. The maximum absolute atomic E-state index is 14.6. The van der Waals surface area contributed by atoms with Crippen molar-refractivity contribution in [3.63, 3.8) is 0 Å². The largest absolute Gasteiger partial charge is 0.497 e. The number of benzene rings is 2. The summed E-state index contributed by atoms with van der Waals surface area (Å²) in [4.78, 5) is 41.2. The SMILES string of the molecule is COc1ccc(C2OCC(=O)[N@@+](CC(C)(C)C)([C@@]3(C(=O)O)CCNC[C@@H]3C(C)=O)c3ccc(Cl)cc32)c(Cl)c1. The van der Waals surface area contributed by atoms with Gasteiger partial charge in [0.25, 0.3) is 0 Å². The predicted octanol–water partition coefficient (Wildman–Crippen LogP) is 5.02. The first-order valence-electron chi connectivity index (χ1n) is 12.9. The van der Waals surface area contributed by atoms with Gasteiger partial charge in [0, 0.05) is 47.1 Å². The van der Waals surface area contributed by atoms with E-state index in [-0.39, 0.29) is 31.9 Å². The van der Waals surface area contributed by atoms with E-state index in [2.05, 4.69) is 5.32 Å². The molecular formula is C29H35Cl2N2O6+. The maximum atomic E-state index is 14.6. The predicted molar refractivity (Wildman–Crippen MR) is 150 cm³/mol. The zero-order chi connectivity index (χ0) is 28.8. The summed E-state index contributed by atoms with van der Waals surface area (Å²) in [6.07, 6.45) is -0.742. The van der Waals surface area contributed by atoms with Crippen LogP contribution in [0.4, 0.5) is 5.69 Å². The van der Waals surface area contributed by atoms with Gasteiger partial charge in [-0.05, 0) is 31.2 Å². The van der Waals surface area contributed by atoms with Crippen LogP contribution in [0.2, 0.25) is 10.0 Å². The molecule has 1 saturated heterocycles. The number of ether oxygens (including phenoxy) is 2. The lowest BCUT2D eigenvalue weighted by Gasteiger charge is -2.54. The number of quaternary nitrogens is 1. The van der Waals surface area contributed by atoms with Crippen molar-refractivity contribution in [1.29, 1.82) is 0 Å². The first-order valence-corrected chi connectivity index (χ1v) is 13.7. The highest BCUT2D eigenvalue weighted by molar-refractivity contribution is 6.32. The Labute approximate surface area is 238 Å². The Kier molecular flexibility index (Phi) is 8.18. The summed E-state index contributed by atoms with van der Waals surface area (Å²) in [7, 11) is 1.54. The van der Waals surface area contributed by atoms with Crippen LogP contribution in [0.15, 0.2) is 36.4 Å². The minimum Gasteiger partial charge on any atom is -0.497 e. The summed E-state index contributed by atoms with van der Waals surface area (Å²) < 4.78 is 11.0. The molecule has 4 rings (SSSR count). The lowest BCUT2D eigenvalue weighted by Crippen LogP contribution is -2.80. The first kappa shape index (κ1) is 29.5. The van der Waals surface area contributed by atoms with Crippen LogP contribution in [0.1, 0.15) is 51.3 Å². The molecule has 2 aromatic rings. The van der Waals surface area contributed by atoms with Crippen molar-refractivity contribution in [2.24, 2.45) is 11.3 Å². The number of aliphatic carboxylic acids is 1. The number of methoxy groups -OCH3 is 1. The van der Waals surface area contributed by atoms with Crippen LogP contribution in [-0.2, 0) is 19.1 Å². The molecule has 0 radical (unpaired) electrons. The number of amides is 1. The number of hydrogen-bond donors (Lipinski definition) is 2. The van der Waals surface area contributed by atoms with Gasteiger partial charge in [0.15, 0.2) is 6.61 Å². The van der Waals surface area contributed by atoms with Crippen molar-refractivity contribution < 1.29 is 29.0 Å². The molecule has 2 aliphatic rings. The molecular weight excluding hydrogens is 543 g/mol. The molecule has 4 atom stereocenters. The Hall–Kier alpha value is -2.49. The molecule has 39 heavy (non-hydrogen) atoms. The van der Waals surface area contributed by atoms with Gasteiger partial charge in [-0.1, -0.05) is 50.0 Å². The minimum atomic E-state index is -1.77. The van der Waals surface area contributed by atoms with E-state index in [1.807, 2.05) is 20.8 Å². The van der Waals surface area contributed by atoms with Crippen LogP contribution in [0, 0.1) is 11.3 Å². The van der Waals surface area contributed by atoms with Gasteiger partial charge in [0.05, 0.1) is 24.6 Å². The summed E-state index contributed by atoms with van der Waals surface area (Å²) in [6, 6.07) is 10.2. The quantitative estimate of drug-likeness (QED) is 0.464. The van der Waals surface area contributed by atoms with E-state index >= 15 is 0 Å². The molecule has 1 amide bonds. The van der Waals surface area contributed by atoms with E-state index in [0.717, 1.165) is 0 Å². The summed E-state index contributed by atoms with van der Waals surface area (Å²) in [5, 5.41) is 15.0. The zero-order valence-corrected chi connectivity index (χ0v) is 24.4. The molecule has 2 aromatic carbocycles. The number of ketones is 1. The molecule has 0 saturated carbocycles. The van der Waals surface area contributed by atoms with Gasteiger partial charge in [-0.25, -0.2) is 14.1 Å². The van der Waals surface area contributed by atoms with Crippen molar-refractivity contribution >= 4 is 46.5 Å². The molecule has 210 valence electrons. The molecule has 0 bridgehead atoms. The smallest absolute Gasteiger partial charge is 0.367 e. The highest BCUT2D eigenvalue weighted by atomic mass is 35.5. The number of carbonyl (C=O) groups is 3. The highest BCUT2D eigenvalue weighted by Gasteiger charge is 2.70. The molecule has 0 spiro atoms. The van der Waals surface area contributed by atoms with Gasteiger partial charge < -0.3 is 19.9 Å². The van der Waals surface area contributed by atoms with Crippen LogP contribution >= 0.6 is 23.2 Å². The lowest BCUT2D eigenvalue weighted by molar-refractivity contribution is -0.170. The standard InChI is InChI=1S/C29H34Cl2N2O6/c1-17(34)22-14-32-11-10-29(22,27(36)37)33(16-28(2,3)4)24-9-6-18(30)12-21(24)26(39-15-25(33)35)20-8-7-19(38-5)13-23(20)31/h6-9,12-13,22,26,32H,10-11,14-16H2,1-5H3/p+1/t22-,26?,29+,33+/m1/s1. The monoisotopic (exact) mass is 577 g/mol. The Morgan fingerprint density at radius 2 is 1.90 bits per heavy atom. The third-order valence-corrected chi connectivity index (χ3v) is 8.40. The van der Waals surface area contributed by atoms with Gasteiger partial charge in [-0.2, -0.15) is 0 Å². The van der Waals surface area contributed by atoms with Crippen LogP contribution in [0.25, 0.3) is 0 Å². The van der Waals surface area contributed by atoms with Crippen LogP contribution in [-0.4, -0.2) is 61.7 Å². The third-order valence-electron chi connectivity index (χ3n) is 7.83. The van der Waals surface area contributed by atoms with E-state index in [1.54, 1.807) is 36.4 Å². The molecule has 2 aliphatic heterocycles. The first-order chi connectivity index (χ1) is 18.3. The number of nitrogens with one attached hydrogen (secondary N) is 1. The van der Waals surface area contributed by atoms with E-state index in [1.165, 1.54) is 14.0 Å². The van der Waals surface area contributed by atoms with Gasteiger partial charge in [0.2, 0.25) is 5.54 Å². The molecule has 10 heteroatoms. The molecule has 1 fully saturated rings. The second kappa shape index (κ2) is 10.8. The number of nitrogens with zero attached hydrogens (tertiary/aromatic N) is 1. The number of Topliss-reactive ketones (excluding diaryl/α,β-unsaturated/α-hetero) is 1. The number of carboxylic acids is 1. The van der Waals surface area contributed by atoms with E-state index < -0.39 is 39.3 Å². The normalized spacial score (nSPS) is 27.4. The fraction of sp³-hybridized carbons (Fsp3) is 0.483. The highest BCUT2D eigenvalue weighted by Crippen LogP contribution is 2.51. The van der Waals surface area contributed by atoms with E-state index in [4.69, 9.17) is 32.7 Å². The van der Waals surface area contributed by atoms with E-state index in [9.17, 15) is 19.5 Å². The molecule has 1 unspecified atom stereocenters. The molecule has 0 aliphatic carbocycles. The fourth-order valence-corrected chi connectivity index (χ4v) is 6.81. The van der Waals surface area contributed by atoms with Crippen molar-refractivity contribution in [2.45, 2.75) is 45.8 Å². The third kappa shape index (κ3) is 4.98. The van der Waals surface area contributed by atoms with Crippen LogP contribution < -0.4 is 14.5 Å². The molecule has 2 heterocycles. The van der Waals surface area contributed by atoms with Crippen molar-refractivity contribution in [1.82, 2.24) is 9.80 Å².